The van der Waals surface area contributed by atoms with Gasteiger partial charge in [-0.2, -0.15) is 0 Å². The van der Waals surface area contributed by atoms with Gasteiger partial charge < -0.3 is 9.64 Å². The molecule has 0 bridgehead atoms. The van der Waals surface area contributed by atoms with E-state index in [4.69, 9.17) is 4.74 Å². The van der Waals surface area contributed by atoms with E-state index in [-0.39, 0.29) is 49.5 Å². The molecule has 2 heterocycles. The lowest BCUT2D eigenvalue weighted by Crippen LogP contribution is -2.44. The zero-order valence-corrected chi connectivity index (χ0v) is 17.6. The molecular formula is C18H23ClN4O4S. The average Bonchev–Trinajstić information content (AvgIpc) is 3.19. The van der Waals surface area contributed by atoms with Crippen molar-refractivity contribution < 1.29 is 19.1 Å². The van der Waals surface area contributed by atoms with Gasteiger partial charge >= 0.3 is 0 Å². The van der Waals surface area contributed by atoms with Crippen molar-refractivity contribution in [3.05, 3.63) is 18.2 Å². The van der Waals surface area contributed by atoms with Gasteiger partial charge in [-0.1, -0.05) is 17.4 Å². The fraction of sp³-hybridized carbons (Fsp3) is 0.444. The van der Waals surface area contributed by atoms with Crippen LogP contribution >= 0.6 is 23.7 Å². The topological polar surface area (TPSA) is 83.0 Å². The number of nitrogens with zero attached hydrogens (tertiary/aromatic N) is 4. The van der Waals surface area contributed by atoms with Crippen LogP contribution in [0.15, 0.2) is 18.2 Å². The number of imide groups is 1. The number of methoxy groups -OCH3 is 1. The van der Waals surface area contributed by atoms with Crippen molar-refractivity contribution in [1.82, 2.24) is 14.8 Å². The van der Waals surface area contributed by atoms with Crippen LogP contribution in [0.25, 0.3) is 10.2 Å². The molecule has 10 heteroatoms. The largest absolute Gasteiger partial charge is 0.494 e. The summed E-state index contributed by atoms with van der Waals surface area (Å²) in [6, 6.07) is 5.61. The van der Waals surface area contributed by atoms with Gasteiger partial charge in [0.05, 0.1) is 11.8 Å². The summed E-state index contributed by atoms with van der Waals surface area (Å²) in [5, 5.41) is 0.528. The number of hydrogen-bond acceptors (Lipinski definition) is 7. The summed E-state index contributed by atoms with van der Waals surface area (Å²) in [6.07, 6.45) is 0.338. The maximum absolute atomic E-state index is 12.9. The standard InChI is InChI=1S/C18H22N4O4S.ClH/c1-20(2)9-10-21(16(25)11-22-14(23)7-8-15(22)24)18-19-17-12(26-3)5-4-6-13(17)27-18;/h4-6H,7-11H2,1-3H3;1H. The minimum atomic E-state index is -0.321. The molecule has 152 valence electrons. The van der Waals surface area contributed by atoms with Crippen molar-refractivity contribution in [3.63, 3.8) is 0 Å². The molecule has 3 rings (SSSR count). The fourth-order valence-electron chi connectivity index (χ4n) is 2.84. The molecule has 1 aromatic carbocycles. The second-order valence-corrected chi connectivity index (χ2v) is 7.53. The van der Waals surface area contributed by atoms with E-state index in [1.165, 1.54) is 11.3 Å². The van der Waals surface area contributed by atoms with Gasteiger partial charge in [-0.3, -0.25) is 24.2 Å². The average molecular weight is 427 g/mol. The van der Waals surface area contributed by atoms with Crippen LogP contribution in [-0.2, 0) is 14.4 Å². The molecule has 0 unspecified atom stereocenters. The van der Waals surface area contributed by atoms with Crippen LogP contribution in [0.3, 0.4) is 0 Å². The minimum Gasteiger partial charge on any atom is -0.494 e. The molecule has 0 saturated carbocycles. The molecule has 0 spiro atoms. The van der Waals surface area contributed by atoms with Crippen LogP contribution in [0, 0.1) is 0 Å². The van der Waals surface area contributed by atoms with Crippen molar-refractivity contribution in [2.24, 2.45) is 0 Å². The lowest BCUT2D eigenvalue weighted by Gasteiger charge is -2.24. The zero-order valence-electron chi connectivity index (χ0n) is 16.0. The summed E-state index contributed by atoms with van der Waals surface area (Å²) in [5.74, 6) is -0.280. The van der Waals surface area contributed by atoms with E-state index in [1.807, 2.05) is 37.2 Å². The number of amides is 3. The van der Waals surface area contributed by atoms with Gasteiger partial charge in [0.1, 0.15) is 17.8 Å². The molecule has 0 N–H and O–H groups in total. The van der Waals surface area contributed by atoms with Crippen LogP contribution in [0.4, 0.5) is 5.13 Å². The normalized spacial score (nSPS) is 13.9. The number of anilines is 1. The minimum absolute atomic E-state index is 0. The van der Waals surface area contributed by atoms with Crippen LogP contribution < -0.4 is 9.64 Å². The molecule has 2 aromatic rings. The lowest BCUT2D eigenvalue weighted by atomic mass is 10.3. The number of carbonyl (C=O) groups is 3. The highest BCUT2D eigenvalue weighted by Crippen LogP contribution is 2.34. The van der Waals surface area contributed by atoms with Gasteiger partial charge in [-0.25, -0.2) is 4.98 Å². The number of fused-ring (bicyclic) bond motifs is 1. The summed E-state index contributed by atoms with van der Waals surface area (Å²) >= 11 is 1.38. The SMILES string of the molecule is COc1cccc2sc(N(CCN(C)C)C(=O)CN3C(=O)CCC3=O)nc12.Cl. The van der Waals surface area contributed by atoms with E-state index >= 15 is 0 Å². The second kappa shape index (κ2) is 9.31. The zero-order chi connectivity index (χ0) is 19.6. The molecule has 3 amide bonds. The van der Waals surface area contributed by atoms with Gasteiger partial charge in [-0.15, -0.1) is 12.4 Å². The first-order valence-electron chi connectivity index (χ1n) is 8.62. The summed E-state index contributed by atoms with van der Waals surface area (Å²) < 4.78 is 6.25. The Kier molecular flexibility index (Phi) is 7.34. The van der Waals surface area contributed by atoms with E-state index in [0.29, 0.717) is 29.5 Å². The maximum atomic E-state index is 12.9. The van der Waals surface area contributed by atoms with Crippen molar-refractivity contribution in [2.45, 2.75) is 12.8 Å². The van der Waals surface area contributed by atoms with Gasteiger partial charge in [0.2, 0.25) is 17.7 Å². The first kappa shape index (κ1) is 22.1. The van der Waals surface area contributed by atoms with Crippen molar-refractivity contribution >= 4 is 56.8 Å². The number of aromatic nitrogens is 1. The molecule has 0 aliphatic carbocycles. The molecule has 8 nitrogen and oxygen atoms in total. The van der Waals surface area contributed by atoms with Gasteiger partial charge in [-0.05, 0) is 26.2 Å². The van der Waals surface area contributed by atoms with E-state index in [0.717, 1.165) is 9.60 Å². The quantitative estimate of drug-likeness (QED) is 0.627. The van der Waals surface area contributed by atoms with Crippen LogP contribution in [0.1, 0.15) is 12.8 Å². The highest BCUT2D eigenvalue weighted by Gasteiger charge is 2.32. The van der Waals surface area contributed by atoms with Crippen LogP contribution in [-0.4, -0.2) is 73.3 Å². The Hall–Kier alpha value is -2.23. The number of rotatable bonds is 7. The van der Waals surface area contributed by atoms with Crippen molar-refractivity contribution in [1.29, 1.82) is 0 Å². The van der Waals surface area contributed by atoms with E-state index in [2.05, 4.69) is 4.98 Å². The van der Waals surface area contributed by atoms with E-state index < -0.39 is 0 Å². The number of hydrogen-bond donors (Lipinski definition) is 0. The second-order valence-electron chi connectivity index (χ2n) is 6.53. The van der Waals surface area contributed by atoms with Gasteiger partial charge in [0.15, 0.2) is 5.13 Å². The third-order valence-electron chi connectivity index (χ3n) is 4.34. The summed E-state index contributed by atoms with van der Waals surface area (Å²) in [7, 11) is 5.41. The summed E-state index contributed by atoms with van der Waals surface area (Å²) in [5.41, 5.74) is 0.691. The smallest absolute Gasteiger partial charge is 0.248 e. The monoisotopic (exact) mass is 426 g/mol. The summed E-state index contributed by atoms with van der Waals surface area (Å²) in [6.45, 7) is 0.781. The van der Waals surface area contributed by atoms with Crippen molar-refractivity contribution in [3.8, 4) is 5.75 Å². The lowest BCUT2D eigenvalue weighted by molar-refractivity contribution is -0.141. The van der Waals surface area contributed by atoms with Gasteiger partial charge in [0.25, 0.3) is 0 Å². The third kappa shape index (κ3) is 4.60. The van der Waals surface area contributed by atoms with Crippen LogP contribution in [0.2, 0.25) is 0 Å². The third-order valence-corrected chi connectivity index (χ3v) is 5.39. The number of ether oxygens (including phenoxy) is 1. The van der Waals surface area contributed by atoms with E-state index in [1.54, 1.807) is 12.0 Å². The first-order chi connectivity index (χ1) is 12.9. The predicted molar refractivity (Wildman–Crippen MR) is 110 cm³/mol. The highest BCUT2D eigenvalue weighted by atomic mass is 35.5. The Morgan fingerprint density at radius 2 is 1.89 bits per heavy atom. The number of halogens is 1. The Bertz CT molecular complexity index is 870. The Labute approximate surface area is 173 Å². The molecule has 0 radical (unpaired) electrons. The Balaban J connectivity index is 0.00000280. The summed E-state index contributed by atoms with van der Waals surface area (Å²) in [4.78, 5) is 45.8. The molecule has 1 aliphatic rings. The predicted octanol–water partition coefficient (Wildman–Crippen LogP) is 1.77. The Morgan fingerprint density at radius 1 is 1.21 bits per heavy atom. The van der Waals surface area contributed by atoms with E-state index in [9.17, 15) is 14.4 Å². The maximum Gasteiger partial charge on any atom is 0.248 e. The van der Waals surface area contributed by atoms with Crippen molar-refractivity contribution in [2.75, 3.05) is 45.7 Å². The number of benzene rings is 1. The Morgan fingerprint density at radius 3 is 2.50 bits per heavy atom. The molecule has 28 heavy (non-hydrogen) atoms. The number of carbonyl (C=O) groups excluding carboxylic acids is 3. The van der Waals surface area contributed by atoms with Gasteiger partial charge in [0, 0.05) is 25.9 Å². The first-order valence-corrected chi connectivity index (χ1v) is 9.44. The molecule has 0 atom stereocenters. The molecular weight excluding hydrogens is 404 g/mol. The number of likely N-dealkylation sites (tertiary alicyclic amines) is 1. The molecule has 1 saturated heterocycles. The fourth-order valence-corrected chi connectivity index (χ4v) is 3.87. The number of likely N-dealkylation sites (N-methyl/N-ethyl adjacent to an activating group) is 1. The molecule has 1 fully saturated rings. The molecule has 1 aliphatic heterocycles. The number of para-hydroxylation sites is 1. The highest BCUT2D eigenvalue weighted by molar-refractivity contribution is 7.22. The van der Waals surface area contributed by atoms with Crippen LogP contribution in [0.5, 0.6) is 5.75 Å². The molecule has 1 aromatic heterocycles. The number of thiazole rings is 1.